The Balaban J connectivity index is 1.29. The van der Waals surface area contributed by atoms with Gasteiger partial charge in [-0.25, -0.2) is 13.7 Å². The molecule has 15 nitrogen and oxygen atoms in total. The fraction of sp³-hybridized carbons (Fsp3) is 0.913. The van der Waals surface area contributed by atoms with E-state index in [9.17, 15) is 33.1 Å². The average molecular weight is 746 g/mol. The van der Waals surface area contributed by atoms with Gasteiger partial charge in [-0.05, 0) is 51.7 Å². The number of ketones is 1. The van der Waals surface area contributed by atoms with Crippen molar-refractivity contribution in [1.82, 2.24) is 5.32 Å². The van der Waals surface area contributed by atoms with Gasteiger partial charge in [0.2, 0.25) is 5.91 Å². The van der Waals surface area contributed by atoms with Gasteiger partial charge in [0.05, 0.1) is 18.8 Å². The topological polar surface area (TPSA) is 224 Å². The van der Waals surface area contributed by atoms with Crippen LogP contribution in [0.4, 0.5) is 0 Å². The number of unbranched alkanes of at least 4 members (excludes halogenated alkanes) is 1. The van der Waals surface area contributed by atoms with Crippen LogP contribution in [0.25, 0.3) is 0 Å². The lowest BCUT2D eigenvalue weighted by molar-refractivity contribution is -0.120. The van der Waals surface area contributed by atoms with E-state index >= 15 is 0 Å². The van der Waals surface area contributed by atoms with Crippen molar-refractivity contribution in [3.8, 4) is 0 Å². The van der Waals surface area contributed by atoms with Crippen LogP contribution in [0.15, 0.2) is 0 Å². The summed E-state index contributed by atoms with van der Waals surface area (Å²) in [5, 5.41) is 3.55. The molecule has 0 aromatic rings. The Labute approximate surface area is 269 Å². The minimum atomic E-state index is -5.60. The second-order valence-electron chi connectivity index (χ2n) is 11.6. The van der Waals surface area contributed by atoms with Crippen LogP contribution in [0.3, 0.4) is 0 Å². The van der Waals surface area contributed by atoms with Crippen LogP contribution in [0.1, 0.15) is 72.1 Å². The molecule has 3 aliphatic heterocycles. The van der Waals surface area contributed by atoms with Crippen LogP contribution in [0.2, 0.25) is 0 Å². The molecule has 0 radical (unpaired) electrons. The number of carbonyl (C=O) groups is 2. The summed E-state index contributed by atoms with van der Waals surface area (Å²) in [5.74, 6) is 2.13. The highest BCUT2D eigenvalue weighted by molar-refractivity contribution is 8.77. The zero-order valence-electron chi connectivity index (χ0n) is 24.7. The van der Waals surface area contributed by atoms with Crippen LogP contribution in [-0.2, 0) is 45.9 Å². The summed E-state index contributed by atoms with van der Waals surface area (Å²) in [6.45, 7) is 5.30. The van der Waals surface area contributed by atoms with Gasteiger partial charge in [-0.1, -0.05) is 28.0 Å². The number of ether oxygens (including phenoxy) is 2. The fourth-order valence-corrected chi connectivity index (χ4v) is 12.2. The molecule has 0 aromatic carbocycles. The van der Waals surface area contributed by atoms with E-state index in [-0.39, 0.29) is 28.5 Å². The normalized spacial score (nSPS) is 30.1. The van der Waals surface area contributed by atoms with Crippen molar-refractivity contribution >= 4 is 68.5 Å². The van der Waals surface area contributed by atoms with Gasteiger partial charge in [0.15, 0.2) is 0 Å². The number of nitrogens with one attached hydrogen (secondary N) is 1. The van der Waals surface area contributed by atoms with Crippen LogP contribution in [0, 0.1) is 5.92 Å². The highest BCUT2D eigenvalue weighted by Crippen LogP contribution is 2.66. The van der Waals surface area contributed by atoms with Crippen LogP contribution in [-0.4, -0.2) is 83.9 Å². The van der Waals surface area contributed by atoms with E-state index in [1.54, 1.807) is 17.7 Å². The highest BCUT2D eigenvalue weighted by Gasteiger charge is 2.44. The smallest absolute Gasteiger partial charge is 0.370 e. The molecule has 0 saturated carbocycles. The molecule has 8 atom stereocenters. The molecule has 44 heavy (non-hydrogen) atoms. The molecular weight excluding hydrogens is 703 g/mol. The first-order valence-corrected chi connectivity index (χ1v) is 22.0. The number of phosphoric acid groups is 3. The molecule has 1 amide bonds. The number of hydrogen-bond acceptors (Lipinski definition) is 13. The van der Waals surface area contributed by atoms with Crippen molar-refractivity contribution in [3.63, 3.8) is 0 Å². The van der Waals surface area contributed by atoms with Gasteiger partial charge in [0.25, 0.3) is 0 Å². The van der Waals surface area contributed by atoms with Gasteiger partial charge in [-0.2, -0.15) is 20.4 Å². The summed E-state index contributed by atoms with van der Waals surface area (Å²) in [6, 6.07) is 0.291. The van der Waals surface area contributed by atoms with Crippen molar-refractivity contribution < 1.29 is 65.5 Å². The minimum Gasteiger partial charge on any atom is -0.370 e. The molecule has 256 valence electrons. The molecule has 0 bridgehead atoms. The summed E-state index contributed by atoms with van der Waals surface area (Å²) >= 11 is 1.93. The van der Waals surface area contributed by atoms with E-state index in [2.05, 4.69) is 13.9 Å². The van der Waals surface area contributed by atoms with Gasteiger partial charge >= 0.3 is 23.5 Å². The number of phosphoric ester groups is 1. The number of hydrogen-bond donors (Lipinski definition) is 5. The third-order valence-corrected chi connectivity index (χ3v) is 15.6. The molecule has 0 aliphatic carbocycles. The van der Waals surface area contributed by atoms with Crippen molar-refractivity contribution in [2.24, 2.45) is 5.92 Å². The Hall–Kier alpha value is 0.520. The molecule has 3 heterocycles. The molecular formula is C23H42NO14P3S3. The Bertz CT molecular complexity index is 1140. The lowest BCUT2D eigenvalue weighted by Crippen LogP contribution is -2.34. The molecule has 21 heteroatoms. The van der Waals surface area contributed by atoms with E-state index < -0.39 is 42.3 Å². The average Bonchev–Trinajstić information content (AvgIpc) is 3.53. The Kier molecular flexibility index (Phi) is 14.8. The Morgan fingerprint density at radius 1 is 1.11 bits per heavy atom. The van der Waals surface area contributed by atoms with Crippen LogP contribution in [0.5, 0.6) is 0 Å². The quantitative estimate of drug-likeness (QED) is 0.0499. The van der Waals surface area contributed by atoms with E-state index in [0.717, 1.165) is 25.0 Å². The molecule has 5 N–H and O–H groups in total. The zero-order chi connectivity index (χ0) is 32.8. The molecule has 0 aromatic heterocycles. The van der Waals surface area contributed by atoms with Gasteiger partial charge in [0.1, 0.15) is 17.8 Å². The molecule has 5 unspecified atom stereocenters. The Morgan fingerprint density at radius 2 is 1.84 bits per heavy atom. The largest absolute Gasteiger partial charge is 0.490 e. The molecule has 3 fully saturated rings. The summed E-state index contributed by atoms with van der Waals surface area (Å²) in [4.78, 5) is 60.4. The van der Waals surface area contributed by atoms with E-state index in [1.165, 1.54) is 10.8 Å². The minimum absolute atomic E-state index is 0.157. The van der Waals surface area contributed by atoms with E-state index in [1.807, 2.05) is 25.6 Å². The number of fused-ring (bicyclic) bond motifs is 1. The van der Waals surface area contributed by atoms with Crippen molar-refractivity contribution in [2.45, 2.75) is 106 Å². The third-order valence-electron chi connectivity index (χ3n) is 7.23. The van der Waals surface area contributed by atoms with Gasteiger partial charge < -0.3 is 34.4 Å². The second kappa shape index (κ2) is 16.8. The number of Topliss-reactive ketones (excluding diaryl/α,β-unsaturated/α-hetero) is 1. The molecule has 3 aliphatic rings. The SMILES string of the molecule is C[C@H]1C[C@@H](OCSSC(C)(C)CCC(=O)CCCCC2SCC3CC(=O)NC32)[C@@H](COP(=O)(O)OP(=O)(O)OP(=O)(O)O)O1. The summed E-state index contributed by atoms with van der Waals surface area (Å²) in [7, 11) is -13.3. The summed E-state index contributed by atoms with van der Waals surface area (Å²) in [6.07, 6.45) is 4.03. The lowest BCUT2D eigenvalue weighted by Gasteiger charge is -2.24. The van der Waals surface area contributed by atoms with Gasteiger partial charge in [-0.3, -0.25) is 14.1 Å². The number of amides is 1. The third kappa shape index (κ3) is 13.9. The maximum absolute atomic E-state index is 12.5. The number of rotatable bonds is 20. The van der Waals surface area contributed by atoms with E-state index in [0.29, 0.717) is 49.3 Å². The van der Waals surface area contributed by atoms with Crippen molar-refractivity contribution in [3.05, 3.63) is 0 Å². The summed E-state index contributed by atoms with van der Waals surface area (Å²) < 4.78 is 57.7. The molecule has 3 saturated heterocycles. The fourth-order valence-electron chi connectivity index (χ4n) is 5.19. The van der Waals surface area contributed by atoms with Crippen LogP contribution >= 0.6 is 56.8 Å². The second-order valence-corrected chi connectivity index (χ2v) is 20.2. The first-order valence-electron chi connectivity index (χ1n) is 14.1. The first kappa shape index (κ1) is 39.0. The maximum Gasteiger partial charge on any atom is 0.490 e. The maximum atomic E-state index is 12.5. The highest BCUT2D eigenvalue weighted by atomic mass is 33.1. The van der Waals surface area contributed by atoms with Crippen molar-refractivity contribution in [2.75, 3.05) is 18.3 Å². The Morgan fingerprint density at radius 3 is 2.55 bits per heavy atom. The van der Waals surface area contributed by atoms with Gasteiger partial charge in [-0.15, -0.1) is 0 Å². The first-order chi connectivity index (χ1) is 20.3. The monoisotopic (exact) mass is 745 g/mol. The van der Waals surface area contributed by atoms with E-state index in [4.69, 9.17) is 23.8 Å². The predicted octanol–water partition coefficient (Wildman–Crippen LogP) is 4.54. The van der Waals surface area contributed by atoms with Crippen LogP contribution < -0.4 is 5.32 Å². The van der Waals surface area contributed by atoms with Crippen molar-refractivity contribution in [1.29, 1.82) is 0 Å². The molecule has 3 rings (SSSR count). The standard InChI is InChI=1S/C23H42NO14P3S3/c1-15-10-18(19(36-15)12-35-40(30,31)38-41(32,33)37-39(27,28)29)34-14-43-44-23(2,3)9-8-17(25)6-4-5-7-20-22-16(13-42-20)11-21(26)24-22/h15-16,18-20,22H,4-14H2,1-3H3,(H,24,26)(H,30,31)(H,32,33)(H2,27,28,29)/t15-,16?,18+,19+,20?,22?/m0/s1. The van der Waals surface area contributed by atoms with Gasteiger partial charge in [0, 0.05) is 41.7 Å². The summed E-state index contributed by atoms with van der Waals surface area (Å²) in [5.41, 5.74) is 0. The predicted molar refractivity (Wildman–Crippen MR) is 167 cm³/mol. The zero-order valence-corrected chi connectivity index (χ0v) is 29.8. The molecule has 0 spiro atoms. The number of thioether (sulfide) groups is 1. The number of carbonyl (C=O) groups excluding carboxylic acids is 2. The lowest BCUT2D eigenvalue weighted by atomic mass is 9.96.